The molecule has 0 aliphatic rings. The number of hydrogen-bond acceptors (Lipinski definition) is 4. The first kappa shape index (κ1) is 16.6. The van der Waals surface area contributed by atoms with E-state index in [1.54, 1.807) is 7.11 Å². The highest BCUT2D eigenvalue weighted by atomic mass is 16.5. The van der Waals surface area contributed by atoms with Crippen molar-refractivity contribution in [1.82, 2.24) is 5.32 Å². The van der Waals surface area contributed by atoms with Gasteiger partial charge in [-0.25, -0.2) is 0 Å². The largest absolute Gasteiger partial charge is 0.493 e. The van der Waals surface area contributed by atoms with Crippen molar-refractivity contribution < 1.29 is 14.3 Å². The van der Waals surface area contributed by atoms with Gasteiger partial charge in [-0.2, -0.15) is 0 Å². The van der Waals surface area contributed by atoms with E-state index in [0.717, 1.165) is 41.0 Å². The Bertz CT molecular complexity index is 792. The molecule has 4 heteroatoms. The minimum absolute atomic E-state index is 0.0884. The van der Waals surface area contributed by atoms with E-state index in [2.05, 4.69) is 30.4 Å². The zero-order chi connectivity index (χ0) is 16.9. The molecule has 1 heterocycles. The summed E-state index contributed by atoms with van der Waals surface area (Å²) in [5, 5.41) is 13.6. The van der Waals surface area contributed by atoms with Crippen molar-refractivity contribution >= 4 is 11.0 Å². The fourth-order valence-electron chi connectivity index (χ4n) is 2.78. The molecule has 0 saturated carbocycles. The number of methoxy groups -OCH3 is 1. The standard InChI is InChI=1S/C20H23NO3/c1-14(21-11-10-15-6-8-16(13-22)9-7-15)19-12-17-4-3-5-18(23-2)20(17)24-19/h3-9,12,14,21-22H,10-11,13H2,1-2H3. The highest BCUT2D eigenvalue weighted by molar-refractivity contribution is 5.83. The van der Waals surface area contributed by atoms with Gasteiger partial charge in [0.1, 0.15) is 5.76 Å². The first-order valence-electron chi connectivity index (χ1n) is 8.19. The number of aliphatic hydroxyl groups excluding tert-OH is 1. The Kier molecular flexibility index (Phi) is 5.18. The quantitative estimate of drug-likeness (QED) is 0.693. The number of para-hydroxylation sites is 1. The minimum Gasteiger partial charge on any atom is -0.493 e. The first-order valence-corrected chi connectivity index (χ1v) is 8.19. The molecule has 126 valence electrons. The van der Waals surface area contributed by atoms with Crippen LogP contribution in [0.1, 0.15) is 29.9 Å². The molecular formula is C20H23NO3. The molecule has 2 aromatic carbocycles. The second-order valence-electron chi connectivity index (χ2n) is 5.93. The molecule has 3 aromatic rings. The lowest BCUT2D eigenvalue weighted by molar-refractivity contribution is 0.282. The summed E-state index contributed by atoms with van der Waals surface area (Å²) < 4.78 is 11.3. The summed E-state index contributed by atoms with van der Waals surface area (Å²) in [5.41, 5.74) is 2.98. The third-order valence-corrected chi connectivity index (χ3v) is 4.24. The van der Waals surface area contributed by atoms with Crippen molar-refractivity contribution in [2.24, 2.45) is 0 Å². The predicted molar refractivity (Wildman–Crippen MR) is 95.3 cm³/mol. The maximum Gasteiger partial charge on any atom is 0.176 e. The highest BCUT2D eigenvalue weighted by Gasteiger charge is 2.13. The number of hydrogen-bond donors (Lipinski definition) is 2. The number of rotatable bonds is 7. The fourth-order valence-corrected chi connectivity index (χ4v) is 2.78. The van der Waals surface area contributed by atoms with Crippen molar-refractivity contribution in [2.45, 2.75) is 26.0 Å². The Morgan fingerprint density at radius 1 is 1.12 bits per heavy atom. The predicted octanol–water partition coefficient (Wildman–Crippen LogP) is 3.83. The van der Waals surface area contributed by atoms with Crippen LogP contribution in [0.25, 0.3) is 11.0 Å². The molecule has 0 bridgehead atoms. The molecule has 1 unspecified atom stereocenters. The van der Waals surface area contributed by atoms with E-state index in [1.165, 1.54) is 5.56 Å². The smallest absolute Gasteiger partial charge is 0.176 e. The van der Waals surface area contributed by atoms with Crippen LogP contribution >= 0.6 is 0 Å². The zero-order valence-corrected chi connectivity index (χ0v) is 14.1. The zero-order valence-electron chi connectivity index (χ0n) is 14.1. The molecule has 0 aliphatic carbocycles. The van der Waals surface area contributed by atoms with Crippen LogP contribution in [0.5, 0.6) is 5.75 Å². The van der Waals surface area contributed by atoms with Gasteiger partial charge >= 0.3 is 0 Å². The SMILES string of the molecule is COc1cccc2cc(C(C)NCCc3ccc(CO)cc3)oc12. The van der Waals surface area contributed by atoms with E-state index in [0.29, 0.717) is 0 Å². The van der Waals surface area contributed by atoms with Crippen LogP contribution in [-0.2, 0) is 13.0 Å². The van der Waals surface area contributed by atoms with Crippen molar-refractivity contribution in [1.29, 1.82) is 0 Å². The number of ether oxygens (including phenoxy) is 1. The molecule has 24 heavy (non-hydrogen) atoms. The van der Waals surface area contributed by atoms with Crippen LogP contribution in [0.3, 0.4) is 0 Å². The lowest BCUT2D eigenvalue weighted by Gasteiger charge is -2.11. The van der Waals surface area contributed by atoms with E-state index in [-0.39, 0.29) is 12.6 Å². The van der Waals surface area contributed by atoms with Crippen LogP contribution < -0.4 is 10.1 Å². The summed E-state index contributed by atoms with van der Waals surface area (Å²) in [7, 11) is 1.65. The van der Waals surface area contributed by atoms with Gasteiger partial charge in [-0.15, -0.1) is 0 Å². The second-order valence-corrected chi connectivity index (χ2v) is 5.93. The lowest BCUT2D eigenvalue weighted by Crippen LogP contribution is -2.20. The Morgan fingerprint density at radius 3 is 2.58 bits per heavy atom. The van der Waals surface area contributed by atoms with Gasteiger partial charge in [-0.1, -0.05) is 36.4 Å². The highest BCUT2D eigenvalue weighted by Crippen LogP contribution is 2.30. The van der Waals surface area contributed by atoms with Gasteiger partial charge in [-0.05, 0) is 43.1 Å². The van der Waals surface area contributed by atoms with E-state index < -0.39 is 0 Å². The molecule has 4 nitrogen and oxygen atoms in total. The number of furan rings is 1. The monoisotopic (exact) mass is 325 g/mol. The molecule has 3 rings (SSSR count). The Hall–Kier alpha value is -2.30. The van der Waals surface area contributed by atoms with E-state index in [4.69, 9.17) is 14.3 Å². The summed E-state index contributed by atoms with van der Waals surface area (Å²) >= 11 is 0. The number of nitrogens with one attached hydrogen (secondary N) is 1. The lowest BCUT2D eigenvalue weighted by atomic mass is 10.1. The Morgan fingerprint density at radius 2 is 1.88 bits per heavy atom. The van der Waals surface area contributed by atoms with Gasteiger partial charge in [0.25, 0.3) is 0 Å². The average molecular weight is 325 g/mol. The fraction of sp³-hybridized carbons (Fsp3) is 0.300. The van der Waals surface area contributed by atoms with Crippen LogP contribution in [0.15, 0.2) is 52.9 Å². The van der Waals surface area contributed by atoms with Crippen molar-refractivity contribution in [2.75, 3.05) is 13.7 Å². The van der Waals surface area contributed by atoms with Crippen LogP contribution in [0, 0.1) is 0 Å². The number of fused-ring (bicyclic) bond motifs is 1. The van der Waals surface area contributed by atoms with Crippen LogP contribution in [0.2, 0.25) is 0 Å². The van der Waals surface area contributed by atoms with Crippen LogP contribution in [-0.4, -0.2) is 18.8 Å². The Labute approximate surface area is 142 Å². The molecule has 0 saturated heterocycles. The first-order chi connectivity index (χ1) is 11.7. The average Bonchev–Trinajstić information content (AvgIpc) is 3.06. The second kappa shape index (κ2) is 7.51. The molecule has 0 fully saturated rings. The molecule has 0 radical (unpaired) electrons. The molecule has 1 aromatic heterocycles. The number of benzene rings is 2. The van der Waals surface area contributed by atoms with Crippen molar-refractivity contribution in [3.05, 3.63) is 65.4 Å². The van der Waals surface area contributed by atoms with Gasteiger partial charge in [0, 0.05) is 5.39 Å². The molecule has 0 amide bonds. The topological polar surface area (TPSA) is 54.6 Å². The third kappa shape index (κ3) is 3.61. The maximum atomic E-state index is 9.07. The van der Waals surface area contributed by atoms with Crippen LogP contribution in [0.4, 0.5) is 0 Å². The molecular weight excluding hydrogens is 302 g/mol. The van der Waals surface area contributed by atoms with Gasteiger partial charge in [0.15, 0.2) is 11.3 Å². The number of aliphatic hydroxyl groups is 1. The summed E-state index contributed by atoms with van der Waals surface area (Å²) in [5.74, 6) is 1.67. The molecule has 0 spiro atoms. The van der Waals surface area contributed by atoms with Gasteiger partial charge in [0.05, 0.1) is 19.8 Å². The maximum absolute atomic E-state index is 9.07. The minimum atomic E-state index is 0.0884. The summed E-state index contributed by atoms with van der Waals surface area (Å²) in [6, 6.07) is 16.1. The third-order valence-electron chi connectivity index (χ3n) is 4.24. The normalized spacial score (nSPS) is 12.5. The van der Waals surface area contributed by atoms with Crippen molar-refractivity contribution in [3.8, 4) is 5.75 Å². The van der Waals surface area contributed by atoms with Gasteiger partial charge < -0.3 is 19.6 Å². The van der Waals surface area contributed by atoms with Crippen molar-refractivity contribution in [3.63, 3.8) is 0 Å². The van der Waals surface area contributed by atoms with E-state index in [9.17, 15) is 0 Å². The Balaban J connectivity index is 1.61. The summed E-state index contributed by atoms with van der Waals surface area (Å²) in [6.45, 7) is 3.04. The van der Waals surface area contributed by atoms with Gasteiger partial charge in [0.2, 0.25) is 0 Å². The molecule has 2 N–H and O–H groups in total. The van der Waals surface area contributed by atoms with E-state index >= 15 is 0 Å². The van der Waals surface area contributed by atoms with E-state index in [1.807, 2.05) is 30.3 Å². The molecule has 1 atom stereocenters. The summed E-state index contributed by atoms with van der Waals surface area (Å²) in [4.78, 5) is 0. The molecule has 0 aliphatic heterocycles. The summed E-state index contributed by atoms with van der Waals surface area (Å²) in [6.07, 6.45) is 0.930. The van der Waals surface area contributed by atoms with Gasteiger partial charge in [-0.3, -0.25) is 0 Å².